The number of benzene rings is 1. The van der Waals surface area contributed by atoms with Crippen LogP contribution in [-0.2, 0) is 0 Å². The zero-order valence-corrected chi connectivity index (χ0v) is 9.27. The Morgan fingerprint density at radius 3 is 2.31 bits per heavy atom. The Bertz CT molecular complexity index is 498. The first-order valence-electron chi connectivity index (χ1n) is 5.07. The summed E-state index contributed by atoms with van der Waals surface area (Å²) in [4.78, 5) is 19.1. The molecular formula is C13H12N2O. The van der Waals surface area contributed by atoms with E-state index in [1.54, 1.807) is 12.1 Å². The van der Waals surface area contributed by atoms with E-state index in [4.69, 9.17) is 0 Å². The van der Waals surface area contributed by atoms with Crippen molar-refractivity contribution in [1.82, 2.24) is 9.97 Å². The molecule has 0 aliphatic rings. The van der Waals surface area contributed by atoms with Gasteiger partial charge in [0.05, 0.1) is 5.69 Å². The summed E-state index contributed by atoms with van der Waals surface area (Å²) in [5.41, 5.74) is 3.51. The maximum atomic E-state index is 10.5. The van der Waals surface area contributed by atoms with Crippen LogP contribution in [0.3, 0.4) is 0 Å². The summed E-state index contributed by atoms with van der Waals surface area (Å²) in [5.74, 6) is 0.759. The molecule has 0 N–H and O–H groups in total. The summed E-state index contributed by atoms with van der Waals surface area (Å²) < 4.78 is 0. The van der Waals surface area contributed by atoms with E-state index in [-0.39, 0.29) is 0 Å². The summed E-state index contributed by atoms with van der Waals surface area (Å²) >= 11 is 0. The molecule has 2 aromatic rings. The molecule has 0 unspecified atom stereocenters. The molecule has 0 spiro atoms. The molecule has 0 radical (unpaired) electrons. The molecule has 1 heterocycles. The minimum atomic E-state index is 0.672. The van der Waals surface area contributed by atoms with E-state index in [9.17, 15) is 4.79 Å². The summed E-state index contributed by atoms with van der Waals surface area (Å²) in [7, 11) is 0. The van der Waals surface area contributed by atoms with Crippen LogP contribution in [0, 0.1) is 13.8 Å². The number of rotatable bonds is 2. The van der Waals surface area contributed by atoms with Crippen LogP contribution in [0.4, 0.5) is 0 Å². The van der Waals surface area contributed by atoms with Gasteiger partial charge in [-0.2, -0.15) is 0 Å². The van der Waals surface area contributed by atoms with Crippen LogP contribution in [0.2, 0.25) is 0 Å². The topological polar surface area (TPSA) is 42.9 Å². The van der Waals surface area contributed by atoms with Crippen LogP contribution in [-0.4, -0.2) is 16.3 Å². The predicted molar refractivity (Wildman–Crippen MR) is 62.3 cm³/mol. The Hall–Kier alpha value is -2.03. The van der Waals surface area contributed by atoms with Gasteiger partial charge in [0, 0.05) is 16.8 Å². The molecule has 0 aliphatic heterocycles. The van der Waals surface area contributed by atoms with Crippen molar-refractivity contribution in [2.75, 3.05) is 0 Å². The molecule has 1 aromatic carbocycles. The fourth-order valence-electron chi connectivity index (χ4n) is 1.60. The number of carbonyl (C=O) groups excluding carboxylic acids is 1. The van der Waals surface area contributed by atoms with Gasteiger partial charge in [0.15, 0.2) is 0 Å². The van der Waals surface area contributed by atoms with Gasteiger partial charge in [-0.15, -0.1) is 0 Å². The molecule has 0 bridgehead atoms. The van der Waals surface area contributed by atoms with Crippen molar-refractivity contribution in [2.24, 2.45) is 0 Å². The first-order chi connectivity index (χ1) is 7.69. The van der Waals surface area contributed by atoms with Crippen molar-refractivity contribution in [3.05, 3.63) is 47.4 Å². The zero-order valence-electron chi connectivity index (χ0n) is 9.27. The second-order valence-corrected chi connectivity index (χ2v) is 3.68. The molecule has 0 amide bonds. The van der Waals surface area contributed by atoms with Gasteiger partial charge >= 0.3 is 0 Å². The summed E-state index contributed by atoms with van der Waals surface area (Å²) in [6, 6.07) is 9.29. The van der Waals surface area contributed by atoms with Gasteiger partial charge in [-0.3, -0.25) is 4.79 Å². The van der Waals surface area contributed by atoms with E-state index in [2.05, 4.69) is 9.97 Å². The summed E-state index contributed by atoms with van der Waals surface area (Å²) in [6.45, 7) is 3.81. The molecule has 0 aliphatic carbocycles. The van der Waals surface area contributed by atoms with Gasteiger partial charge in [0.25, 0.3) is 0 Å². The molecule has 3 nitrogen and oxygen atoms in total. The molecule has 0 atom stereocenters. The number of carbonyl (C=O) groups is 1. The fourth-order valence-corrected chi connectivity index (χ4v) is 1.60. The van der Waals surface area contributed by atoms with Gasteiger partial charge < -0.3 is 0 Å². The van der Waals surface area contributed by atoms with Crippen LogP contribution >= 0.6 is 0 Å². The Balaban J connectivity index is 2.45. The Labute approximate surface area is 94.2 Å². The lowest BCUT2D eigenvalue weighted by atomic mass is 10.1. The van der Waals surface area contributed by atoms with Crippen molar-refractivity contribution in [3.63, 3.8) is 0 Å². The van der Waals surface area contributed by atoms with Crippen LogP contribution in [0.5, 0.6) is 0 Å². The number of hydrogen-bond donors (Lipinski definition) is 0. The first-order valence-corrected chi connectivity index (χ1v) is 5.07. The third-order valence-corrected chi connectivity index (χ3v) is 2.31. The Kier molecular flexibility index (Phi) is 2.77. The standard InChI is InChI=1S/C13H12N2O/c1-9-7-13(15-10(2)14-9)12-5-3-11(8-16)4-6-12/h3-8H,1-2H3. The predicted octanol–water partition coefficient (Wildman–Crippen LogP) is 2.57. The second kappa shape index (κ2) is 4.23. The highest BCUT2D eigenvalue weighted by Crippen LogP contribution is 2.17. The Morgan fingerprint density at radius 2 is 1.75 bits per heavy atom. The molecule has 2 rings (SSSR count). The lowest BCUT2D eigenvalue weighted by Crippen LogP contribution is -1.93. The quantitative estimate of drug-likeness (QED) is 0.718. The molecule has 1 aromatic heterocycles. The summed E-state index contributed by atoms with van der Waals surface area (Å²) in [5, 5.41) is 0. The van der Waals surface area contributed by atoms with Crippen molar-refractivity contribution in [3.8, 4) is 11.3 Å². The first kappa shape index (κ1) is 10.5. The van der Waals surface area contributed by atoms with Gasteiger partial charge in [0.2, 0.25) is 0 Å². The third kappa shape index (κ3) is 2.14. The second-order valence-electron chi connectivity index (χ2n) is 3.68. The fraction of sp³-hybridized carbons (Fsp3) is 0.154. The number of hydrogen-bond acceptors (Lipinski definition) is 3. The molecule has 0 fully saturated rings. The molecule has 16 heavy (non-hydrogen) atoms. The van der Waals surface area contributed by atoms with Crippen molar-refractivity contribution >= 4 is 6.29 Å². The normalized spacial score (nSPS) is 10.1. The number of nitrogens with zero attached hydrogens (tertiary/aromatic N) is 2. The largest absolute Gasteiger partial charge is 0.298 e. The highest BCUT2D eigenvalue weighted by atomic mass is 16.1. The average molecular weight is 212 g/mol. The monoisotopic (exact) mass is 212 g/mol. The minimum absolute atomic E-state index is 0.672. The Morgan fingerprint density at radius 1 is 1.06 bits per heavy atom. The van der Waals surface area contributed by atoms with E-state index < -0.39 is 0 Å². The lowest BCUT2D eigenvalue weighted by molar-refractivity contribution is 0.112. The number of aromatic nitrogens is 2. The SMILES string of the molecule is Cc1cc(-c2ccc(C=O)cc2)nc(C)n1. The molecule has 3 heteroatoms. The molecule has 80 valence electrons. The summed E-state index contributed by atoms with van der Waals surface area (Å²) in [6.07, 6.45) is 0.834. The van der Waals surface area contributed by atoms with Gasteiger partial charge in [0.1, 0.15) is 12.1 Å². The average Bonchev–Trinajstić information content (AvgIpc) is 2.28. The van der Waals surface area contributed by atoms with E-state index in [0.717, 1.165) is 29.1 Å². The molecule has 0 saturated heterocycles. The van der Waals surface area contributed by atoms with E-state index in [1.807, 2.05) is 32.0 Å². The highest BCUT2D eigenvalue weighted by Gasteiger charge is 2.02. The van der Waals surface area contributed by atoms with E-state index in [0.29, 0.717) is 5.56 Å². The van der Waals surface area contributed by atoms with Crippen molar-refractivity contribution in [2.45, 2.75) is 13.8 Å². The van der Waals surface area contributed by atoms with Crippen molar-refractivity contribution < 1.29 is 4.79 Å². The minimum Gasteiger partial charge on any atom is -0.298 e. The highest BCUT2D eigenvalue weighted by molar-refractivity contribution is 5.76. The maximum absolute atomic E-state index is 10.5. The van der Waals surface area contributed by atoms with Crippen molar-refractivity contribution in [1.29, 1.82) is 0 Å². The van der Waals surface area contributed by atoms with Gasteiger partial charge in [-0.25, -0.2) is 9.97 Å². The van der Waals surface area contributed by atoms with Gasteiger partial charge in [-0.1, -0.05) is 24.3 Å². The van der Waals surface area contributed by atoms with Gasteiger partial charge in [-0.05, 0) is 19.9 Å². The zero-order chi connectivity index (χ0) is 11.5. The smallest absolute Gasteiger partial charge is 0.150 e. The maximum Gasteiger partial charge on any atom is 0.150 e. The number of aryl methyl sites for hydroxylation is 2. The van der Waals surface area contributed by atoms with Crippen LogP contribution in [0.1, 0.15) is 21.9 Å². The van der Waals surface area contributed by atoms with E-state index in [1.165, 1.54) is 0 Å². The van der Waals surface area contributed by atoms with Crippen LogP contribution in [0.25, 0.3) is 11.3 Å². The van der Waals surface area contributed by atoms with Crippen LogP contribution < -0.4 is 0 Å². The third-order valence-electron chi connectivity index (χ3n) is 2.31. The molecular weight excluding hydrogens is 200 g/mol. The molecule has 0 saturated carbocycles. The van der Waals surface area contributed by atoms with E-state index >= 15 is 0 Å². The van der Waals surface area contributed by atoms with Crippen LogP contribution in [0.15, 0.2) is 30.3 Å². The number of aldehydes is 1. The lowest BCUT2D eigenvalue weighted by Gasteiger charge is -2.03.